The molecule has 1 aliphatic rings. The van der Waals surface area contributed by atoms with Gasteiger partial charge in [-0.2, -0.15) is 5.10 Å². The fraction of sp³-hybridized carbons (Fsp3) is 0.615. The topological polar surface area (TPSA) is 113 Å². The summed E-state index contributed by atoms with van der Waals surface area (Å²) in [7, 11) is 0. The number of nitrogens with zero attached hydrogens (tertiary/aromatic N) is 1. The van der Waals surface area contributed by atoms with E-state index in [1.54, 1.807) is 0 Å². The highest BCUT2D eigenvalue weighted by atomic mass is 35.5. The highest BCUT2D eigenvalue weighted by Crippen LogP contribution is 2.20. The van der Waals surface area contributed by atoms with E-state index in [0.717, 1.165) is 24.2 Å². The highest BCUT2D eigenvalue weighted by molar-refractivity contribution is 5.97. The van der Waals surface area contributed by atoms with Crippen LogP contribution in [0.1, 0.15) is 42.5 Å². The molecule has 7 nitrogen and oxygen atoms in total. The zero-order valence-electron chi connectivity index (χ0n) is 12.4. The van der Waals surface area contributed by atoms with Crippen LogP contribution in [0.3, 0.4) is 0 Å². The van der Waals surface area contributed by atoms with Crippen molar-refractivity contribution in [2.75, 3.05) is 6.54 Å². The number of hydrogen-bond donors (Lipinski definition) is 4. The van der Waals surface area contributed by atoms with Crippen molar-refractivity contribution in [3.05, 3.63) is 17.0 Å². The van der Waals surface area contributed by atoms with Crippen LogP contribution in [0.15, 0.2) is 0 Å². The summed E-state index contributed by atoms with van der Waals surface area (Å²) in [4.78, 5) is 23.8. The molecule has 1 aliphatic heterocycles. The van der Waals surface area contributed by atoms with E-state index in [4.69, 9.17) is 5.73 Å². The van der Waals surface area contributed by atoms with E-state index in [1.165, 1.54) is 0 Å². The van der Waals surface area contributed by atoms with Gasteiger partial charge in [-0.25, -0.2) is 0 Å². The average Bonchev–Trinajstić information content (AvgIpc) is 2.77. The average molecular weight is 316 g/mol. The predicted molar refractivity (Wildman–Crippen MR) is 81.2 cm³/mol. The summed E-state index contributed by atoms with van der Waals surface area (Å²) >= 11 is 0. The number of rotatable bonds is 3. The molecule has 0 saturated heterocycles. The predicted octanol–water partition coefficient (Wildman–Crippen LogP) is 0.107. The molecule has 1 unspecified atom stereocenters. The molecule has 2 amide bonds. The van der Waals surface area contributed by atoms with Gasteiger partial charge in [0.05, 0.1) is 0 Å². The number of nitrogens with two attached hydrogens (primary N) is 1. The van der Waals surface area contributed by atoms with Gasteiger partial charge in [0.1, 0.15) is 6.04 Å². The molecule has 1 atom stereocenters. The van der Waals surface area contributed by atoms with Gasteiger partial charge in [0.25, 0.3) is 5.91 Å². The number of aromatic amines is 1. The summed E-state index contributed by atoms with van der Waals surface area (Å²) in [6, 6.07) is -0.737. The lowest BCUT2D eigenvalue weighted by atomic mass is 9.86. The maximum atomic E-state index is 12.3. The number of aromatic nitrogens is 2. The number of fused-ring (bicyclic) bond motifs is 1. The Bertz CT molecular complexity index is 535. The van der Waals surface area contributed by atoms with Crippen molar-refractivity contribution in [2.45, 2.75) is 39.8 Å². The summed E-state index contributed by atoms with van der Waals surface area (Å²) in [5.74, 6) is -0.918. The van der Waals surface area contributed by atoms with Crippen LogP contribution < -0.4 is 16.4 Å². The van der Waals surface area contributed by atoms with Crippen LogP contribution in [-0.4, -0.2) is 34.6 Å². The summed E-state index contributed by atoms with van der Waals surface area (Å²) in [5, 5.41) is 12.8. The molecule has 2 heterocycles. The third-order valence-corrected chi connectivity index (χ3v) is 3.45. The minimum Gasteiger partial charge on any atom is -0.368 e. The molecule has 0 bridgehead atoms. The molecule has 2 rings (SSSR count). The first-order valence-electron chi connectivity index (χ1n) is 6.67. The van der Waals surface area contributed by atoms with Gasteiger partial charge in [-0.3, -0.25) is 14.7 Å². The fourth-order valence-electron chi connectivity index (χ4n) is 2.33. The number of amides is 2. The summed E-state index contributed by atoms with van der Waals surface area (Å²) in [6.45, 7) is 7.02. The van der Waals surface area contributed by atoms with Gasteiger partial charge in [-0.05, 0) is 5.41 Å². The van der Waals surface area contributed by atoms with Crippen LogP contribution in [0.5, 0.6) is 0 Å². The minimum absolute atomic E-state index is 0. The largest absolute Gasteiger partial charge is 0.368 e. The van der Waals surface area contributed by atoms with Crippen LogP contribution in [0.2, 0.25) is 0 Å². The molecule has 118 valence electrons. The minimum atomic E-state index is -0.737. The van der Waals surface area contributed by atoms with E-state index in [0.29, 0.717) is 12.2 Å². The van der Waals surface area contributed by atoms with E-state index < -0.39 is 17.4 Å². The second-order valence-electron chi connectivity index (χ2n) is 6.13. The number of carbonyl (C=O) groups is 2. The number of H-pyrrole nitrogens is 1. The van der Waals surface area contributed by atoms with Crippen molar-refractivity contribution < 1.29 is 9.59 Å². The van der Waals surface area contributed by atoms with Gasteiger partial charge in [0.15, 0.2) is 5.69 Å². The quantitative estimate of drug-likeness (QED) is 0.634. The molecule has 1 aromatic heterocycles. The van der Waals surface area contributed by atoms with Crippen LogP contribution in [0, 0.1) is 5.41 Å². The summed E-state index contributed by atoms with van der Waals surface area (Å²) in [6.07, 6.45) is 0.814. The molecule has 0 aliphatic carbocycles. The molecule has 1 aromatic rings. The van der Waals surface area contributed by atoms with E-state index in [2.05, 4.69) is 20.8 Å². The lowest BCUT2D eigenvalue weighted by molar-refractivity contribution is -0.122. The van der Waals surface area contributed by atoms with Gasteiger partial charge in [0.2, 0.25) is 5.91 Å². The van der Waals surface area contributed by atoms with E-state index >= 15 is 0 Å². The zero-order valence-corrected chi connectivity index (χ0v) is 13.3. The van der Waals surface area contributed by atoms with E-state index in [-0.39, 0.29) is 18.3 Å². The monoisotopic (exact) mass is 315 g/mol. The van der Waals surface area contributed by atoms with Crippen LogP contribution in [0.4, 0.5) is 0 Å². The van der Waals surface area contributed by atoms with Crippen molar-refractivity contribution in [3.63, 3.8) is 0 Å². The fourth-order valence-corrected chi connectivity index (χ4v) is 2.33. The molecular formula is C13H22ClN5O2. The number of hydrogen-bond acceptors (Lipinski definition) is 4. The molecule has 21 heavy (non-hydrogen) atoms. The summed E-state index contributed by atoms with van der Waals surface area (Å²) < 4.78 is 0. The van der Waals surface area contributed by atoms with Crippen LogP contribution >= 0.6 is 12.4 Å². The van der Waals surface area contributed by atoms with Crippen molar-refractivity contribution in [1.82, 2.24) is 20.8 Å². The molecule has 8 heteroatoms. The standard InChI is InChI=1S/C13H21N5O2.ClH/c1-13(2,3)10(11(14)19)16-12(20)9-7-6-15-5-4-8(7)17-18-9;/h10,15H,4-6H2,1-3H3,(H2,14,19)(H,16,20)(H,17,18);1H. The number of nitrogens with one attached hydrogen (secondary N) is 3. The second kappa shape index (κ2) is 6.44. The Balaban J connectivity index is 0.00000220. The third-order valence-electron chi connectivity index (χ3n) is 3.45. The van der Waals surface area contributed by atoms with Crippen molar-refractivity contribution in [3.8, 4) is 0 Å². The highest BCUT2D eigenvalue weighted by Gasteiger charge is 2.33. The Morgan fingerprint density at radius 1 is 1.38 bits per heavy atom. The summed E-state index contributed by atoms with van der Waals surface area (Å²) in [5.41, 5.74) is 7.09. The molecule has 0 aromatic carbocycles. The Morgan fingerprint density at radius 2 is 2.05 bits per heavy atom. The Morgan fingerprint density at radius 3 is 2.62 bits per heavy atom. The van der Waals surface area contributed by atoms with Crippen LogP contribution in [0.25, 0.3) is 0 Å². The second-order valence-corrected chi connectivity index (χ2v) is 6.13. The maximum absolute atomic E-state index is 12.3. The third kappa shape index (κ3) is 3.74. The maximum Gasteiger partial charge on any atom is 0.272 e. The zero-order chi connectivity index (χ0) is 14.9. The molecular weight excluding hydrogens is 294 g/mol. The molecule has 5 N–H and O–H groups in total. The Kier molecular flexibility index (Phi) is 5.36. The smallest absolute Gasteiger partial charge is 0.272 e. The lowest BCUT2D eigenvalue weighted by Crippen LogP contribution is -2.52. The van der Waals surface area contributed by atoms with Crippen molar-refractivity contribution in [2.24, 2.45) is 11.1 Å². The van der Waals surface area contributed by atoms with E-state index in [1.807, 2.05) is 20.8 Å². The lowest BCUT2D eigenvalue weighted by Gasteiger charge is -2.28. The first-order valence-corrected chi connectivity index (χ1v) is 6.67. The first-order chi connectivity index (χ1) is 9.30. The SMILES string of the molecule is CC(C)(C)C(NC(=O)c1n[nH]c2c1CNCC2)C(N)=O.Cl. The van der Waals surface area contributed by atoms with Gasteiger partial charge in [-0.15, -0.1) is 12.4 Å². The van der Waals surface area contributed by atoms with Crippen LogP contribution in [-0.2, 0) is 17.8 Å². The molecule has 0 fully saturated rings. The first kappa shape index (κ1) is 17.5. The van der Waals surface area contributed by atoms with Crippen molar-refractivity contribution >= 4 is 24.2 Å². The Hall–Kier alpha value is -1.60. The number of carbonyl (C=O) groups excluding carboxylic acids is 2. The van der Waals surface area contributed by atoms with E-state index in [9.17, 15) is 9.59 Å². The number of halogens is 1. The van der Waals surface area contributed by atoms with Gasteiger partial charge in [0, 0.05) is 30.8 Å². The van der Waals surface area contributed by atoms with Crippen molar-refractivity contribution in [1.29, 1.82) is 0 Å². The normalized spacial score (nSPS) is 15.6. The number of primary amides is 1. The van der Waals surface area contributed by atoms with Gasteiger partial charge >= 0.3 is 0 Å². The molecule has 0 radical (unpaired) electrons. The molecule has 0 spiro atoms. The Labute approximate surface area is 129 Å². The molecule has 0 saturated carbocycles. The van der Waals surface area contributed by atoms with Gasteiger partial charge in [-0.1, -0.05) is 20.8 Å². The van der Waals surface area contributed by atoms with Gasteiger partial charge < -0.3 is 16.4 Å².